The lowest BCUT2D eigenvalue weighted by atomic mass is 10.0. The Morgan fingerprint density at radius 3 is 2.28 bits per heavy atom. The van der Waals surface area contributed by atoms with Crippen LogP contribution in [-0.2, 0) is 9.47 Å². The predicted molar refractivity (Wildman–Crippen MR) is 108 cm³/mol. The summed E-state index contributed by atoms with van der Waals surface area (Å²) >= 11 is 3.29. The van der Waals surface area contributed by atoms with Crippen molar-refractivity contribution in [2.24, 2.45) is 0 Å². The van der Waals surface area contributed by atoms with E-state index in [0.29, 0.717) is 15.9 Å². The molecule has 0 atom stereocenters. The number of phenols is 1. The number of esters is 2. The average molecular weight is 461 g/mol. The van der Waals surface area contributed by atoms with Crippen LogP contribution >= 0.6 is 15.9 Å². The van der Waals surface area contributed by atoms with Crippen molar-refractivity contribution in [2.45, 2.75) is 0 Å². The first-order valence-electron chi connectivity index (χ1n) is 8.34. The number of aromatic hydroxyl groups is 1. The first-order chi connectivity index (χ1) is 13.9. The number of phenolic OH excluding ortho intramolecular Hbond substituents is 1. The van der Waals surface area contributed by atoms with Crippen molar-refractivity contribution in [1.29, 1.82) is 0 Å². The molecule has 1 heterocycles. The van der Waals surface area contributed by atoms with Crippen molar-refractivity contribution in [3.05, 3.63) is 58.2 Å². The molecule has 3 rings (SSSR count). The van der Waals surface area contributed by atoms with Crippen LogP contribution in [0.1, 0.15) is 20.8 Å². The Bertz CT molecular complexity index is 1080. The number of para-hydroxylation sites is 1. The molecule has 1 aromatic heterocycles. The Hall–Kier alpha value is -3.33. The third-order valence-electron chi connectivity index (χ3n) is 4.18. The van der Waals surface area contributed by atoms with Crippen molar-refractivity contribution in [2.75, 3.05) is 21.3 Å². The number of hydrogen-bond acceptors (Lipinski definition) is 7. The van der Waals surface area contributed by atoms with Gasteiger partial charge in [0.25, 0.3) is 0 Å². The summed E-state index contributed by atoms with van der Waals surface area (Å²) in [6, 6.07) is 11.7. The lowest BCUT2D eigenvalue weighted by molar-refractivity contribution is 0.0549. The molecule has 0 radical (unpaired) electrons. The molecule has 0 spiro atoms. The van der Waals surface area contributed by atoms with Gasteiger partial charge in [0.05, 0.1) is 31.5 Å². The van der Waals surface area contributed by atoms with Crippen molar-refractivity contribution in [1.82, 2.24) is 9.78 Å². The SMILES string of the molecule is COC(=O)c1c(-c2cc(OC)c(Br)cc2O)nn(-c2ccccc2)c1C(=O)OC. The highest BCUT2D eigenvalue weighted by Crippen LogP contribution is 2.40. The third-order valence-corrected chi connectivity index (χ3v) is 4.80. The summed E-state index contributed by atoms with van der Waals surface area (Å²) < 4.78 is 16.8. The second-order valence-corrected chi connectivity index (χ2v) is 6.66. The lowest BCUT2D eigenvalue weighted by Crippen LogP contribution is -2.15. The summed E-state index contributed by atoms with van der Waals surface area (Å²) in [4.78, 5) is 25.2. The number of carbonyl (C=O) groups excluding carboxylic acids is 2. The van der Waals surface area contributed by atoms with Gasteiger partial charge in [-0.2, -0.15) is 5.10 Å². The molecule has 2 aromatic carbocycles. The molecule has 29 heavy (non-hydrogen) atoms. The Kier molecular flexibility index (Phi) is 5.88. The zero-order chi connectivity index (χ0) is 21.1. The van der Waals surface area contributed by atoms with E-state index >= 15 is 0 Å². The van der Waals surface area contributed by atoms with E-state index in [1.807, 2.05) is 0 Å². The quantitative estimate of drug-likeness (QED) is 0.580. The first kappa shape index (κ1) is 20.4. The van der Waals surface area contributed by atoms with Crippen molar-refractivity contribution in [3.8, 4) is 28.4 Å². The van der Waals surface area contributed by atoms with Crippen LogP contribution in [0, 0.1) is 0 Å². The molecule has 0 aliphatic carbocycles. The van der Waals surface area contributed by atoms with Crippen LogP contribution in [-0.4, -0.2) is 48.2 Å². The lowest BCUT2D eigenvalue weighted by Gasteiger charge is -2.09. The highest BCUT2D eigenvalue weighted by Gasteiger charge is 2.32. The summed E-state index contributed by atoms with van der Waals surface area (Å²) in [5.41, 5.74) is 0.493. The van der Waals surface area contributed by atoms with Gasteiger partial charge in [0.15, 0.2) is 5.69 Å². The van der Waals surface area contributed by atoms with Crippen molar-refractivity contribution >= 4 is 27.9 Å². The number of nitrogens with zero attached hydrogens (tertiary/aromatic N) is 2. The van der Waals surface area contributed by atoms with E-state index in [0.717, 1.165) is 0 Å². The fourth-order valence-corrected chi connectivity index (χ4v) is 3.33. The van der Waals surface area contributed by atoms with Crippen molar-refractivity contribution in [3.63, 3.8) is 0 Å². The van der Waals surface area contributed by atoms with E-state index < -0.39 is 11.9 Å². The van der Waals surface area contributed by atoms with Crippen LogP contribution < -0.4 is 4.74 Å². The van der Waals surface area contributed by atoms with Crippen LogP contribution in [0.5, 0.6) is 11.5 Å². The van der Waals surface area contributed by atoms with E-state index in [2.05, 4.69) is 21.0 Å². The number of hydrogen-bond donors (Lipinski definition) is 1. The largest absolute Gasteiger partial charge is 0.507 e. The number of benzene rings is 2. The number of aromatic nitrogens is 2. The maximum atomic E-state index is 12.6. The summed E-state index contributed by atoms with van der Waals surface area (Å²) in [6.07, 6.45) is 0. The molecular weight excluding hydrogens is 444 g/mol. The maximum absolute atomic E-state index is 12.6. The van der Waals surface area contributed by atoms with Crippen LogP contribution in [0.4, 0.5) is 0 Å². The minimum atomic E-state index is -0.802. The molecule has 0 aliphatic heterocycles. The van der Waals surface area contributed by atoms with E-state index in [1.165, 1.54) is 38.1 Å². The Balaban J connectivity index is 2.40. The van der Waals surface area contributed by atoms with Crippen LogP contribution in [0.3, 0.4) is 0 Å². The fraction of sp³-hybridized carbons (Fsp3) is 0.150. The van der Waals surface area contributed by atoms with Gasteiger partial charge in [-0.25, -0.2) is 14.3 Å². The smallest absolute Gasteiger partial charge is 0.357 e. The summed E-state index contributed by atoms with van der Waals surface area (Å²) in [5, 5.41) is 14.9. The van der Waals surface area contributed by atoms with Gasteiger partial charge in [0.2, 0.25) is 0 Å². The van der Waals surface area contributed by atoms with Crippen molar-refractivity contribution < 1.29 is 28.9 Å². The topological polar surface area (TPSA) is 99.9 Å². The number of ether oxygens (including phenoxy) is 3. The molecule has 0 saturated heterocycles. The van der Waals surface area contributed by atoms with E-state index in [-0.39, 0.29) is 28.3 Å². The molecule has 9 heteroatoms. The van der Waals surface area contributed by atoms with Gasteiger partial charge >= 0.3 is 11.9 Å². The minimum absolute atomic E-state index is 0.0457. The second kappa shape index (κ2) is 8.36. The third kappa shape index (κ3) is 3.68. The van der Waals surface area contributed by atoms with E-state index in [9.17, 15) is 14.7 Å². The Morgan fingerprint density at radius 1 is 1.03 bits per heavy atom. The number of halogens is 1. The molecule has 0 saturated carbocycles. The molecular formula is C20H17BrN2O6. The molecule has 8 nitrogen and oxygen atoms in total. The van der Waals surface area contributed by atoms with Gasteiger partial charge in [-0.15, -0.1) is 0 Å². The van der Waals surface area contributed by atoms with Gasteiger partial charge < -0.3 is 19.3 Å². The van der Waals surface area contributed by atoms with Gasteiger partial charge in [0, 0.05) is 5.56 Å². The average Bonchev–Trinajstić information content (AvgIpc) is 3.13. The normalized spacial score (nSPS) is 10.5. The monoisotopic (exact) mass is 460 g/mol. The molecule has 3 aromatic rings. The minimum Gasteiger partial charge on any atom is -0.507 e. The van der Waals surface area contributed by atoms with Gasteiger partial charge in [-0.3, -0.25) is 0 Å². The Morgan fingerprint density at radius 2 is 1.69 bits per heavy atom. The van der Waals surface area contributed by atoms with Gasteiger partial charge in [0.1, 0.15) is 22.8 Å². The highest BCUT2D eigenvalue weighted by atomic mass is 79.9. The first-order valence-corrected chi connectivity index (χ1v) is 9.14. The van der Waals surface area contributed by atoms with Gasteiger partial charge in [-0.05, 0) is 40.2 Å². The molecule has 150 valence electrons. The highest BCUT2D eigenvalue weighted by molar-refractivity contribution is 9.10. The van der Waals surface area contributed by atoms with Crippen LogP contribution in [0.15, 0.2) is 46.9 Å². The van der Waals surface area contributed by atoms with Crippen LogP contribution in [0.2, 0.25) is 0 Å². The second-order valence-electron chi connectivity index (χ2n) is 5.81. The summed E-state index contributed by atoms with van der Waals surface area (Å²) in [5.74, 6) is -1.35. The molecule has 0 bridgehead atoms. The fourth-order valence-electron chi connectivity index (χ4n) is 2.83. The van der Waals surface area contributed by atoms with E-state index in [1.54, 1.807) is 30.3 Å². The summed E-state index contributed by atoms with van der Waals surface area (Å²) in [7, 11) is 3.85. The molecule has 0 aliphatic rings. The number of carbonyl (C=O) groups is 2. The van der Waals surface area contributed by atoms with Crippen LogP contribution in [0.25, 0.3) is 16.9 Å². The molecule has 0 fully saturated rings. The maximum Gasteiger partial charge on any atom is 0.357 e. The Labute approximate surface area is 174 Å². The molecule has 0 amide bonds. The number of methoxy groups -OCH3 is 3. The standard InChI is InChI=1S/C20H17BrN2O6/c1-27-15-9-12(14(24)10-13(15)21)17-16(19(25)28-2)18(20(26)29-3)23(22-17)11-7-5-4-6-8-11/h4-10,24H,1-3H3. The van der Waals surface area contributed by atoms with E-state index in [4.69, 9.17) is 14.2 Å². The van der Waals surface area contributed by atoms with Gasteiger partial charge in [-0.1, -0.05) is 18.2 Å². The zero-order valence-electron chi connectivity index (χ0n) is 15.8. The zero-order valence-corrected chi connectivity index (χ0v) is 17.4. The molecule has 0 unspecified atom stereocenters. The molecule has 1 N–H and O–H groups in total. The number of rotatable bonds is 5. The predicted octanol–water partition coefficient (Wildman–Crippen LogP) is 3.59. The summed E-state index contributed by atoms with van der Waals surface area (Å²) in [6.45, 7) is 0.